The molecule has 6 heteroatoms. The van der Waals surface area contributed by atoms with Gasteiger partial charge in [-0.3, -0.25) is 0 Å². The first-order chi connectivity index (χ1) is 13.7. The van der Waals surface area contributed by atoms with E-state index in [1.807, 2.05) is 0 Å². The predicted molar refractivity (Wildman–Crippen MR) is 143 cm³/mol. The number of fused-ring (bicyclic) bond motifs is 3. The summed E-state index contributed by atoms with van der Waals surface area (Å²) < 4.78 is 11.5. The van der Waals surface area contributed by atoms with E-state index in [9.17, 15) is 0 Å². The second kappa shape index (κ2) is 7.50. The zero-order valence-electron chi connectivity index (χ0n) is 20.9. The average molecular weight is 473 g/mol. The molecule has 0 N–H and O–H groups in total. The standard InChI is InChI=1S/C24H40O2Si4/c1-25-18-12-14-20-21-15-13-19(26-2)17-23(21)24(22(20)16-18)30(27(3,4)5,28(6,7)8)29(9,10)11/h12-17,24H,1-11H3. The fourth-order valence-electron chi connectivity index (χ4n) is 7.61. The maximum Gasteiger partial charge on any atom is 0.119 e. The highest BCUT2D eigenvalue weighted by Gasteiger charge is 2.66. The Kier molecular flexibility index (Phi) is 5.89. The lowest BCUT2D eigenvalue weighted by Gasteiger charge is -2.61. The summed E-state index contributed by atoms with van der Waals surface area (Å²) in [6, 6.07) is 13.6. The largest absolute Gasteiger partial charge is 0.497 e. The minimum atomic E-state index is -1.74. The minimum absolute atomic E-state index is 0.553. The highest BCUT2D eigenvalue weighted by molar-refractivity contribution is 7.89. The normalized spacial score (nSPS) is 15.0. The molecule has 0 aromatic heterocycles. The van der Waals surface area contributed by atoms with Crippen LogP contribution in [0.5, 0.6) is 11.5 Å². The Balaban J connectivity index is 2.51. The quantitative estimate of drug-likeness (QED) is 0.419. The molecule has 0 radical (unpaired) electrons. The third-order valence-corrected chi connectivity index (χ3v) is 80.4. The lowest BCUT2D eigenvalue weighted by atomic mass is 10.1. The highest BCUT2D eigenvalue weighted by atomic mass is 29.9. The van der Waals surface area contributed by atoms with Gasteiger partial charge in [0.2, 0.25) is 0 Å². The maximum atomic E-state index is 5.73. The molecule has 1 aliphatic carbocycles. The minimum Gasteiger partial charge on any atom is -0.497 e. The third kappa shape index (κ3) is 3.31. The number of hydrogen-bond acceptors (Lipinski definition) is 2. The smallest absolute Gasteiger partial charge is 0.119 e. The zero-order valence-corrected chi connectivity index (χ0v) is 24.9. The van der Waals surface area contributed by atoms with Gasteiger partial charge in [-0.25, -0.2) is 0 Å². The zero-order chi connectivity index (χ0) is 22.7. The van der Waals surface area contributed by atoms with Gasteiger partial charge in [0.1, 0.15) is 11.5 Å². The van der Waals surface area contributed by atoms with Crippen molar-refractivity contribution in [1.29, 1.82) is 0 Å². The van der Waals surface area contributed by atoms with Crippen LogP contribution >= 0.6 is 0 Å². The molecule has 164 valence electrons. The summed E-state index contributed by atoms with van der Waals surface area (Å²) >= 11 is 0. The Labute approximate surface area is 187 Å². The summed E-state index contributed by atoms with van der Waals surface area (Å²) in [6.07, 6.45) is 0. The van der Waals surface area contributed by atoms with E-state index in [2.05, 4.69) is 95.3 Å². The molecule has 0 saturated carbocycles. The van der Waals surface area contributed by atoms with Crippen LogP contribution in [0.4, 0.5) is 0 Å². The number of ether oxygens (including phenoxy) is 2. The van der Waals surface area contributed by atoms with Crippen LogP contribution in [0.2, 0.25) is 58.9 Å². The highest BCUT2D eigenvalue weighted by Crippen LogP contribution is 2.57. The SMILES string of the molecule is COc1ccc2c(c1)C([Si]([Si](C)(C)C)([Si](C)(C)C)[Si](C)(C)C)c1cc(OC)ccc1-2. The van der Waals surface area contributed by atoms with Crippen LogP contribution in [0.3, 0.4) is 0 Å². The first kappa shape index (κ1) is 23.6. The molecule has 0 unspecified atom stereocenters. The van der Waals surface area contributed by atoms with Gasteiger partial charge >= 0.3 is 0 Å². The number of benzene rings is 2. The van der Waals surface area contributed by atoms with Crippen molar-refractivity contribution in [3.63, 3.8) is 0 Å². The summed E-state index contributed by atoms with van der Waals surface area (Å²) in [5.74, 6) is 1.98. The predicted octanol–water partition coefficient (Wildman–Crippen LogP) is 7.05. The van der Waals surface area contributed by atoms with Gasteiger partial charge in [-0.2, -0.15) is 0 Å². The van der Waals surface area contributed by atoms with E-state index in [1.165, 1.54) is 22.3 Å². The Bertz CT molecular complexity index is 860. The number of methoxy groups -OCH3 is 2. The Hall–Kier alpha value is -1.09. The van der Waals surface area contributed by atoms with Crippen LogP contribution in [-0.2, 0) is 0 Å². The van der Waals surface area contributed by atoms with Crippen molar-refractivity contribution in [2.45, 2.75) is 64.5 Å². The van der Waals surface area contributed by atoms with Crippen LogP contribution in [0.25, 0.3) is 11.1 Å². The van der Waals surface area contributed by atoms with Crippen molar-refractivity contribution in [3.8, 4) is 22.6 Å². The topological polar surface area (TPSA) is 18.5 Å². The van der Waals surface area contributed by atoms with E-state index in [4.69, 9.17) is 9.47 Å². The fraction of sp³-hybridized carbons (Fsp3) is 0.500. The Morgan fingerprint density at radius 2 is 0.900 bits per heavy atom. The van der Waals surface area contributed by atoms with E-state index >= 15 is 0 Å². The van der Waals surface area contributed by atoms with Crippen molar-refractivity contribution < 1.29 is 9.47 Å². The molecule has 0 fully saturated rings. The first-order valence-corrected chi connectivity index (χ1v) is 26.6. The van der Waals surface area contributed by atoms with Crippen LogP contribution < -0.4 is 9.47 Å². The van der Waals surface area contributed by atoms with Crippen molar-refractivity contribution in [1.82, 2.24) is 0 Å². The second-order valence-electron chi connectivity index (χ2n) is 11.9. The van der Waals surface area contributed by atoms with E-state index in [1.54, 1.807) is 14.2 Å². The van der Waals surface area contributed by atoms with Crippen molar-refractivity contribution in [2.75, 3.05) is 14.2 Å². The van der Waals surface area contributed by atoms with Crippen LogP contribution in [0.15, 0.2) is 36.4 Å². The summed E-state index contributed by atoms with van der Waals surface area (Å²) in [5, 5.41) is 0. The van der Waals surface area contributed by atoms with Gasteiger partial charge in [0.05, 0.1) is 20.8 Å². The van der Waals surface area contributed by atoms with Crippen molar-refractivity contribution in [2.24, 2.45) is 0 Å². The molecule has 1 aliphatic rings. The molecule has 0 spiro atoms. The Morgan fingerprint density at radius 3 is 1.17 bits per heavy atom. The van der Waals surface area contributed by atoms with Gasteiger partial charge in [-0.15, -0.1) is 0 Å². The van der Waals surface area contributed by atoms with E-state index in [0.29, 0.717) is 5.54 Å². The van der Waals surface area contributed by atoms with Gasteiger partial charge < -0.3 is 9.47 Å². The van der Waals surface area contributed by atoms with E-state index in [0.717, 1.165) is 11.5 Å². The van der Waals surface area contributed by atoms with E-state index in [-0.39, 0.29) is 0 Å². The van der Waals surface area contributed by atoms with Crippen LogP contribution in [0.1, 0.15) is 16.7 Å². The van der Waals surface area contributed by atoms with Gasteiger partial charge in [-0.05, 0) is 52.1 Å². The molecular formula is C24H40O2Si4. The molecule has 0 atom stereocenters. The summed E-state index contributed by atoms with van der Waals surface area (Å²) in [6.45, 7) is 22.5. The molecule has 0 aliphatic heterocycles. The van der Waals surface area contributed by atoms with E-state index < -0.39 is 29.4 Å². The van der Waals surface area contributed by atoms with Crippen LogP contribution in [-0.4, -0.2) is 43.6 Å². The molecule has 0 saturated heterocycles. The Morgan fingerprint density at radius 1 is 0.567 bits per heavy atom. The summed E-state index contributed by atoms with van der Waals surface area (Å²) in [4.78, 5) is 0. The molecule has 0 heterocycles. The molecule has 0 amide bonds. The lowest BCUT2D eigenvalue weighted by molar-refractivity contribution is 0.414. The third-order valence-electron chi connectivity index (χ3n) is 7.41. The average Bonchev–Trinajstić information content (AvgIpc) is 2.91. The first-order valence-electron chi connectivity index (χ1n) is 11.1. The monoisotopic (exact) mass is 472 g/mol. The van der Waals surface area contributed by atoms with Gasteiger partial charge in [0.15, 0.2) is 0 Å². The van der Waals surface area contributed by atoms with Crippen molar-refractivity contribution >= 4 is 29.4 Å². The summed E-state index contributed by atoms with van der Waals surface area (Å²) in [5.41, 5.74) is 6.47. The van der Waals surface area contributed by atoms with Gasteiger partial charge in [0.25, 0.3) is 0 Å². The molecule has 2 nitrogen and oxygen atoms in total. The second-order valence-corrected chi connectivity index (χ2v) is 52.7. The molecule has 0 bridgehead atoms. The number of hydrogen-bond donors (Lipinski definition) is 0. The van der Waals surface area contributed by atoms with Crippen molar-refractivity contribution in [3.05, 3.63) is 47.5 Å². The summed E-state index contributed by atoms with van der Waals surface area (Å²) in [7, 11) is -0.865. The molecule has 30 heavy (non-hydrogen) atoms. The molecule has 2 aromatic carbocycles. The molecule has 3 rings (SSSR count). The van der Waals surface area contributed by atoms with Gasteiger partial charge in [0, 0.05) is 22.8 Å². The van der Waals surface area contributed by atoms with Gasteiger partial charge in [-0.1, -0.05) is 71.1 Å². The van der Waals surface area contributed by atoms with Crippen LogP contribution in [0, 0.1) is 0 Å². The maximum absolute atomic E-state index is 5.73. The number of rotatable bonds is 6. The molecular weight excluding hydrogens is 433 g/mol. The lowest BCUT2D eigenvalue weighted by Crippen LogP contribution is -2.85. The molecule has 2 aromatic rings. The fourth-order valence-corrected chi connectivity index (χ4v) is 110.